The highest BCUT2D eigenvalue weighted by atomic mass is 16.5. The summed E-state index contributed by atoms with van der Waals surface area (Å²) in [6, 6.07) is 0. The van der Waals surface area contributed by atoms with Crippen molar-refractivity contribution in [1.82, 2.24) is 10.2 Å². The fraction of sp³-hybridized carbons (Fsp3) is 0.727. The molecule has 0 aromatic heterocycles. The summed E-state index contributed by atoms with van der Waals surface area (Å²) in [6.45, 7) is 7.01. The van der Waals surface area contributed by atoms with Gasteiger partial charge in [0.05, 0.1) is 12.7 Å². The van der Waals surface area contributed by atoms with E-state index < -0.39 is 0 Å². The van der Waals surface area contributed by atoms with E-state index in [4.69, 9.17) is 4.74 Å². The van der Waals surface area contributed by atoms with Gasteiger partial charge in [0, 0.05) is 25.7 Å². The summed E-state index contributed by atoms with van der Waals surface area (Å²) < 4.78 is 5.53. The molecular weight excluding hydrogens is 192 g/mol. The van der Waals surface area contributed by atoms with Crippen LogP contribution in [-0.4, -0.2) is 50.2 Å². The monoisotopic (exact) mass is 212 g/mol. The van der Waals surface area contributed by atoms with Gasteiger partial charge >= 0.3 is 0 Å². The molecule has 1 fully saturated rings. The molecular formula is C11H20N2O2. The zero-order chi connectivity index (χ0) is 11.3. The lowest BCUT2D eigenvalue weighted by Gasteiger charge is -2.29. The van der Waals surface area contributed by atoms with Crippen LogP contribution in [-0.2, 0) is 9.53 Å². The molecule has 0 aliphatic carbocycles. The maximum Gasteiger partial charge on any atom is 0.244 e. The summed E-state index contributed by atoms with van der Waals surface area (Å²) in [6.07, 6.45) is 1.73. The Labute approximate surface area is 91.3 Å². The van der Waals surface area contributed by atoms with Crippen molar-refractivity contribution in [3.63, 3.8) is 0 Å². The van der Waals surface area contributed by atoms with Crippen molar-refractivity contribution in [3.05, 3.63) is 11.6 Å². The van der Waals surface area contributed by atoms with Crippen LogP contribution in [0.4, 0.5) is 0 Å². The maximum atomic E-state index is 11.3. The summed E-state index contributed by atoms with van der Waals surface area (Å²) in [5.41, 5.74) is 1.01. The van der Waals surface area contributed by atoms with Crippen molar-refractivity contribution in [1.29, 1.82) is 0 Å². The van der Waals surface area contributed by atoms with Crippen molar-refractivity contribution < 1.29 is 9.53 Å². The van der Waals surface area contributed by atoms with Crippen LogP contribution in [0.15, 0.2) is 11.6 Å². The van der Waals surface area contributed by atoms with E-state index in [2.05, 4.69) is 17.3 Å². The molecule has 0 bridgehead atoms. The topological polar surface area (TPSA) is 41.6 Å². The normalized spacial score (nSPS) is 22.2. The first-order valence-corrected chi connectivity index (χ1v) is 5.31. The first-order valence-electron chi connectivity index (χ1n) is 5.31. The van der Waals surface area contributed by atoms with Gasteiger partial charge in [-0.25, -0.2) is 0 Å². The van der Waals surface area contributed by atoms with Crippen molar-refractivity contribution in [3.8, 4) is 0 Å². The van der Waals surface area contributed by atoms with Gasteiger partial charge in [0.2, 0.25) is 5.91 Å². The van der Waals surface area contributed by atoms with Crippen LogP contribution in [0.1, 0.15) is 13.8 Å². The van der Waals surface area contributed by atoms with Crippen molar-refractivity contribution in [2.24, 2.45) is 0 Å². The first kappa shape index (κ1) is 12.2. The number of nitrogens with zero attached hydrogens (tertiary/aromatic N) is 1. The molecule has 1 atom stereocenters. The molecule has 15 heavy (non-hydrogen) atoms. The molecule has 4 nitrogen and oxygen atoms in total. The Morgan fingerprint density at radius 3 is 2.93 bits per heavy atom. The molecule has 1 rings (SSSR count). The molecule has 86 valence electrons. The molecule has 1 aliphatic heterocycles. The van der Waals surface area contributed by atoms with Crippen LogP contribution in [0.5, 0.6) is 0 Å². The zero-order valence-corrected chi connectivity index (χ0v) is 9.75. The smallest absolute Gasteiger partial charge is 0.244 e. The second-order valence-corrected chi connectivity index (χ2v) is 4.22. The van der Waals surface area contributed by atoms with E-state index in [0.29, 0.717) is 6.54 Å². The Hall–Kier alpha value is -0.870. The Kier molecular flexibility index (Phi) is 4.78. The molecule has 1 amide bonds. The minimum absolute atomic E-state index is 0.0353. The van der Waals surface area contributed by atoms with Crippen molar-refractivity contribution in [2.45, 2.75) is 20.0 Å². The fourth-order valence-corrected chi connectivity index (χ4v) is 1.52. The van der Waals surface area contributed by atoms with Gasteiger partial charge in [-0.3, -0.25) is 4.79 Å². The van der Waals surface area contributed by atoms with E-state index in [1.165, 1.54) is 0 Å². The predicted molar refractivity (Wildman–Crippen MR) is 59.7 cm³/mol. The second-order valence-electron chi connectivity index (χ2n) is 4.22. The highest BCUT2D eigenvalue weighted by Crippen LogP contribution is 2.01. The summed E-state index contributed by atoms with van der Waals surface area (Å²) in [5.74, 6) is -0.0353. The Bertz CT molecular complexity index is 247. The minimum Gasteiger partial charge on any atom is -0.374 e. The average molecular weight is 212 g/mol. The number of morpholine rings is 1. The zero-order valence-electron chi connectivity index (χ0n) is 9.75. The number of carbonyl (C=O) groups excluding carboxylic acids is 1. The van der Waals surface area contributed by atoms with Gasteiger partial charge in [-0.15, -0.1) is 0 Å². The number of ether oxygens (including phenoxy) is 1. The van der Waals surface area contributed by atoms with Gasteiger partial charge in [0.15, 0.2) is 0 Å². The third-order valence-corrected chi connectivity index (χ3v) is 2.27. The number of carbonyl (C=O) groups is 1. The standard InChI is InChI=1S/C11H20N2O2/c1-9(2)6-11(14)12-7-10-8-13(3)4-5-15-10/h6,10H,4-5,7-8H2,1-3H3,(H,12,14). The van der Waals surface area contributed by atoms with Gasteiger partial charge in [-0.2, -0.15) is 0 Å². The van der Waals surface area contributed by atoms with E-state index in [-0.39, 0.29) is 12.0 Å². The third-order valence-electron chi connectivity index (χ3n) is 2.27. The maximum absolute atomic E-state index is 11.3. The summed E-state index contributed by atoms with van der Waals surface area (Å²) in [7, 11) is 2.06. The van der Waals surface area contributed by atoms with Crippen LogP contribution in [0.2, 0.25) is 0 Å². The quantitative estimate of drug-likeness (QED) is 0.688. The van der Waals surface area contributed by atoms with E-state index in [1.54, 1.807) is 6.08 Å². The molecule has 0 aromatic rings. The van der Waals surface area contributed by atoms with Crippen LogP contribution in [0, 0.1) is 0 Å². The molecule has 1 heterocycles. The van der Waals surface area contributed by atoms with Gasteiger partial charge in [0.25, 0.3) is 0 Å². The molecule has 0 radical (unpaired) electrons. The Morgan fingerprint density at radius 2 is 2.33 bits per heavy atom. The molecule has 0 aromatic carbocycles. The lowest BCUT2D eigenvalue weighted by molar-refractivity contribution is -0.117. The third kappa shape index (κ3) is 4.95. The minimum atomic E-state index is -0.0353. The summed E-state index contributed by atoms with van der Waals surface area (Å²) in [4.78, 5) is 13.5. The molecule has 1 aliphatic rings. The van der Waals surface area contributed by atoms with Crippen LogP contribution in [0.25, 0.3) is 0 Å². The number of hydrogen-bond donors (Lipinski definition) is 1. The molecule has 1 saturated heterocycles. The Morgan fingerprint density at radius 1 is 1.60 bits per heavy atom. The fourth-order valence-electron chi connectivity index (χ4n) is 1.52. The van der Waals surface area contributed by atoms with Crippen molar-refractivity contribution in [2.75, 3.05) is 33.3 Å². The van der Waals surface area contributed by atoms with Gasteiger partial charge in [-0.05, 0) is 20.9 Å². The van der Waals surface area contributed by atoms with Gasteiger partial charge in [-0.1, -0.05) is 5.57 Å². The van der Waals surface area contributed by atoms with Crippen LogP contribution >= 0.6 is 0 Å². The highest BCUT2D eigenvalue weighted by Gasteiger charge is 2.17. The number of amides is 1. The molecule has 4 heteroatoms. The average Bonchev–Trinajstić information content (AvgIpc) is 2.14. The van der Waals surface area contributed by atoms with E-state index in [9.17, 15) is 4.79 Å². The number of nitrogens with one attached hydrogen (secondary N) is 1. The predicted octanol–water partition coefficient (Wildman–Crippen LogP) is 0.399. The number of allylic oxidation sites excluding steroid dienone is 1. The van der Waals surface area contributed by atoms with Crippen LogP contribution in [0.3, 0.4) is 0 Å². The van der Waals surface area contributed by atoms with Gasteiger partial charge in [0.1, 0.15) is 0 Å². The molecule has 1 unspecified atom stereocenters. The molecule has 0 saturated carbocycles. The first-order chi connectivity index (χ1) is 7.08. The lowest BCUT2D eigenvalue weighted by Crippen LogP contribution is -2.45. The van der Waals surface area contributed by atoms with Gasteiger partial charge < -0.3 is 15.0 Å². The number of likely N-dealkylation sites (N-methyl/N-ethyl adjacent to an activating group) is 1. The summed E-state index contributed by atoms with van der Waals surface area (Å²) in [5, 5.41) is 2.84. The highest BCUT2D eigenvalue weighted by molar-refractivity contribution is 5.88. The lowest BCUT2D eigenvalue weighted by atomic mass is 10.2. The number of rotatable bonds is 3. The largest absolute Gasteiger partial charge is 0.374 e. The second kappa shape index (κ2) is 5.88. The molecule has 0 spiro atoms. The van der Waals surface area contributed by atoms with E-state index >= 15 is 0 Å². The Balaban J connectivity index is 2.24. The van der Waals surface area contributed by atoms with Crippen LogP contribution < -0.4 is 5.32 Å². The summed E-state index contributed by atoms with van der Waals surface area (Å²) >= 11 is 0. The van der Waals surface area contributed by atoms with E-state index in [0.717, 1.165) is 25.3 Å². The van der Waals surface area contributed by atoms with E-state index in [1.807, 2.05) is 13.8 Å². The SMILES string of the molecule is CC(C)=CC(=O)NCC1CN(C)CCO1. The number of hydrogen-bond acceptors (Lipinski definition) is 3. The van der Waals surface area contributed by atoms with Crippen molar-refractivity contribution >= 4 is 5.91 Å². The molecule has 1 N–H and O–H groups in total.